The molecule has 0 saturated carbocycles. The molecule has 1 aliphatic rings. The maximum atomic E-state index is 12.1. The molecule has 0 bridgehead atoms. The number of ether oxygens (including phenoxy) is 2. The van der Waals surface area contributed by atoms with Gasteiger partial charge in [0.2, 0.25) is 6.79 Å². The Labute approximate surface area is 142 Å². The summed E-state index contributed by atoms with van der Waals surface area (Å²) < 4.78 is 10.4. The summed E-state index contributed by atoms with van der Waals surface area (Å²) in [6.45, 7) is 1.93. The van der Waals surface area contributed by atoms with Gasteiger partial charge in [0.25, 0.3) is 5.91 Å². The first-order valence-corrected chi connectivity index (χ1v) is 7.50. The van der Waals surface area contributed by atoms with Gasteiger partial charge in [-0.3, -0.25) is 4.79 Å². The summed E-state index contributed by atoms with van der Waals surface area (Å²) >= 11 is 11.8. The molecule has 23 heavy (non-hydrogen) atoms. The number of benzene rings is 2. The van der Waals surface area contributed by atoms with Crippen LogP contribution in [0.5, 0.6) is 11.5 Å². The minimum absolute atomic E-state index is 0.162. The molecule has 1 N–H and O–H groups in total. The van der Waals surface area contributed by atoms with E-state index in [0.717, 1.165) is 5.56 Å². The van der Waals surface area contributed by atoms with E-state index in [1.54, 1.807) is 43.3 Å². The van der Waals surface area contributed by atoms with Gasteiger partial charge in [-0.25, -0.2) is 5.43 Å². The van der Waals surface area contributed by atoms with E-state index < -0.39 is 0 Å². The van der Waals surface area contributed by atoms with Crippen molar-refractivity contribution >= 4 is 34.8 Å². The van der Waals surface area contributed by atoms with Gasteiger partial charge in [0, 0.05) is 5.56 Å². The first-order valence-electron chi connectivity index (χ1n) is 6.74. The molecule has 5 nitrogen and oxygen atoms in total. The Morgan fingerprint density at radius 2 is 1.78 bits per heavy atom. The highest BCUT2D eigenvalue weighted by molar-refractivity contribution is 6.42. The number of amides is 1. The molecule has 1 aliphatic heterocycles. The van der Waals surface area contributed by atoms with Crippen LogP contribution in [-0.4, -0.2) is 18.4 Å². The minimum atomic E-state index is -0.345. The number of halogens is 2. The predicted molar refractivity (Wildman–Crippen MR) is 88.7 cm³/mol. The number of nitrogens with zero attached hydrogens (tertiary/aromatic N) is 1. The zero-order valence-electron chi connectivity index (χ0n) is 12.1. The van der Waals surface area contributed by atoms with E-state index in [-0.39, 0.29) is 12.7 Å². The largest absolute Gasteiger partial charge is 0.454 e. The van der Waals surface area contributed by atoms with Crippen molar-refractivity contribution in [1.29, 1.82) is 0 Å². The molecule has 0 atom stereocenters. The molecule has 0 aliphatic carbocycles. The van der Waals surface area contributed by atoms with Crippen molar-refractivity contribution in [3.05, 3.63) is 57.6 Å². The number of fused-ring (bicyclic) bond motifs is 1. The van der Waals surface area contributed by atoms with Crippen molar-refractivity contribution in [2.75, 3.05) is 6.79 Å². The van der Waals surface area contributed by atoms with Crippen molar-refractivity contribution in [1.82, 2.24) is 5.43 Å². The summed E-state index contributed by atoms with van der Waals surface area (Å²) in [5, 5.41) is 4.98. The average Bonchev–Trinajstić information content (AvgIpc) is 3.02. The van der Waals surface area contributed by atoms with E-state index in [1.807, 2.05) is 0 Å². The van der Waals surface area contributed by atoms with E-state index >= 15 is 0 Å². The van der Waals surface area contributed by atoms with Gasteiger partial charge >= 0.3 is 0 Å². The number of rotatable bonds is 3. The maximum absolute atomic E-state index is 12.1. The van der Waals surface area contributed by atoms with Crippen LogP contribution in [0, 0.1) is 0 Å². The van der Waals surface area contributed by atoms with Crippen molar-refractivity contribution in [3.63, 3.8) is 0 Å². The molecule has 2 aromatic carbocycles. The van der Waals surface area contributed by atoms with Crippen LogP contribution in [0.3, 0.4) is 0 Å². The number of nitrogens with one attached hydrogen (secondary N) is 1. The summed E-state index contributed by atoms with van der Waals surface area (Å²) in [7, 11) is 0. The van der Waals surface area contributed by atoms with Gasteiger partial charge in [0.1, 0.15) is 0 Å². The Morgan fingerprint density at radius 1 is 1.04 bits per heavy atom. The molecule has 0 saturated heterocycles. The highest BCUT2D eigenvalue weighted by atomic mass is 35.5. The van der Waals surface area contributed by atoms with Crippen molar-refractivity contribution in [2.45, 2.75) is 6.92 Å². The Kier molecular flexibility index (Phi) is 4.41. The molecular weight excluding hydrogens is 339 g/mol. The third-order valence-corrected chi connectivity index (χ3v) is 4.04. The molecule has 0 fully saturated rings. The minimum Gasteiger partial charge on any atom is -0.454 e. The molecule has 1 heterocycles. The maximum Gasteiger partial charge on any atom is 0.271 e. The van der Waals surface area contributed by atoms with E-state index in [9.17, 15) is 4.79 Å². The zero-order chi connectivity index (χ0) is 16.4. The summed E-state index contributed by atoms with van der Waals surface area (Å²) in [6.07, 6.45) is 0. The fraction of sp³-hybridized carbons (Fsp3) is 0.125. The van der Waals surface area contributed by atoms with Gasteiger partial charge in [-0.15, -0.1) is 0 Å². The highest BCUT2D eigenvalue weighted by Crippen LogP contribution is 2.32. The van der Waals surface area contributed by atoms with Crippen LogP contribution in [0.25, 0.3) is 0 Å². The number of hydrogen-bond donors (Lipinski definition) is 1. The van der Waals surface area contributed by atoms with Gasteiger partial charge in [-0.2, -0.15) is 5.10 Å². The summed E-state index contributed by atoms with van der Waals surface area (Å²) in [5.74, 6) is 0.822. The van der Waals surface area contributed by atoms with Crippen LogP contribution < -0.4 is 14.9 Å². The molecule has 0 unspecified atom stereocenters. The Morgan fingerprint density at radius 3 is 2.57 bits per heavy atom. The third kappa shape index (κ3) is 3.41. The third-order valence-electron chi connectivity index (χ3n) is 3.30. The average molecular weight is 351 g/mol. The standard InChI is InChI=1S/C16H12Cl2N2O3/c1-9(10-2-4-12(17)13(18)6-10)19-20-16(21)11-3-5-14-15(7-11)23-8-22-14/h2-7H,8H2,1H3,(H,20,21)/b19-9-. The van der Waals surface area contributed by atoms with Crippen molar-refractivity contribution < 1.29 is 14.3 Å². The number of carbonyl (C=O) groups is 1. The number of hydrazone groups is 1. The highest BCUT2D eigenvalue weighted by Gasteiger charge is 2.16. The first-order chi connectivity index (χ1) is 11.0. The molecule has 3 rings (SSSR count). The molecule has 7 heteroatoms. The normalized spacial score (nSPS) is 13.1. The fourth-order valence-corrected chi connectivity index (χ4v) is 2.32. The Balaban J connectivity index is 1.73. The number of carbonyl (C=O) groups excluding carboxylic acids is 1. The quantitative estimate of drug-likeness (QED) is 0.674. The lowest BCUT2D eigenvalue weighted by Crippen LogP contribution is -2.19. The second kappa shape index (κ2) is 6.48. The van der Waals surface area contributed by atoms with Crippen LogP contribution in [-0.2, 0) is 0 Å². The molecule has 0 spiro atoms. The van der Waals surface area contributed by atoms with Gasteiger partial charge in [-0.1, -0.05) is 29.3 Å². The monoisotopic (exact) mass is 350 g/mol. The Hall–Kier alpha value is -2.24. The Bertz CT molecular complexity index is 806. The SMILES string of the molecule is C/C(=N/NC(=O)c1ccc2c(c1)OCO2)c1ccc(Cl)c(Cl)c1. The fourth-order valence-electron chi connectivity index (χ4n) is 2.02. The lowest BCUT2D eigenvalue weighted by atomic mass is 10.1. The van der Waals surface area contributed by atoms with Crippen LogP contribution in [0.2, 0.25) is 10.0 Å². The van der Waals surface area contributed by atoms with Crippen LogP contribution in [0.1, 0.15) is 22.8 Å². The number of hydrogen-bond acceptors (Lipinski definition) is 4. The van der Waals surface area contributed by atoms with E-state index in [4.69, 9.17) is 32.7 Å². The molecule has 0 aromatic heterocycles. The van der Waals surface area contributed by atoms with E-state index in [0.29, 0.717) is 32.8 Å². The van der Waals surface area contributed by atoms with Gasteiger partial charge in [-0.05, 0) is 42.8 Å². The smallest absolute Gasteiger partial charge is 0.271 e. The van der Waals surface area contributed by atoms with Crippen molar-refractivity contribution in [3.8, 4) is 11.5 Å². The first kappa shape index (κ1) is 15.6. The van der Waals surface area contributed by atoms with E-state index in [1.165, 1.54) is 0 Å². The summed E-state index contributed by atoms with van der Waals surface area (Å²) in [4.78, 5) is 12.1. The van der Waals surface area contributed by atoms with Gasteiger partial charge in [0.15, 0.2) is 11.5 Å². The molecule has 118 valence electrons. The molecule has 2 aromatic rings. The zero-order valence-corrected chi connectivity index (χ0v) is 13.6. The topological polar surface area (TPSA) is 59.9 Å². The summed E-state index contributed by atoms with van der Waals surface area (Å²) in [6, 6.07) is 10.1. The predicted octanol–water partition coefficient (Wildman–Crippen LogP) is 3.88. The van der Waals surface area contributed by atoms with Gasteiger partial charge in [0.05, 0.1) is 15.8 Å². The van der Waals surface area contributed by atoms with Crippen LogP contribution in [0.15, 0.2) is 41.5 Å². The van der Waals surface area contributed by atoms with Crippen molar-refractivity contribution in [2.24, 2.45) is 5.10 Å². The molecule has 1 amide bonds. The summed E-state index contributed by atoms with van der Waals surface area (Å²) in [5.41, 5.74) is 4.31. The van der Waals surface area contributed by atoms with Gasteiger partial charge < -0.3 is 9.47 Å². The lowest BCUT2D eigenvalue weighted by Gasteiger charge is -2.05. The van der Waals surface area contributed by atoms with Crippen LogP contribution >= 0.6 is 23.2 Å². The van der Waals surface area contributed by atoms with E-state index in [2.05, 4.69) is 10.5 Å². The second-order valence-electron chi connectivity index (χ2n) is 4.84. The second-order valence-corrected chi connectivity index (χ2v) is 5.65. The molecule has 0 radical (unpaired) electrons. The lowest BCUT2D eigenvalue weighted by molar-refractivity contribution is 0.0954. The van der Waals surface area contributed by atoms with Crippen LogP contribution in [0.4, 0.5) is 0 Å². The molecular formula is C16H12Cl2N2O3.